The molecule has 0 spiro atoms. The van der Waals surface area contributed by atoms with Gasteiger partial charge in [-0.25, -0.2) is 0 Å². The second-order valence-corrected chi connectivity index (χ2v) is 12.6. The van der Waals surface area contributed by atoms with Gasteiger partial charge < -0.3 is 9.80 Å². The zero-order valence-corrected chi connectivity index (χ0v) is 24.1. The zero-order chi connectivity index (χ0) is 27.6. The van der Waals surface area contributed by atoms with Gasteiger partial charge in [-0.3, -0.25) is 4.98 Å². The van der Waals surface area contributed by atoms with Crippen LogP contribution in [0.15, 0.2) is 159 Å². The topological polar surface area (TPSA) is 19.4 Å². The lowest BCUT2D eigenvalue weighted by atomic mass is 9.98. The molecule has 7 aromatic rings. The monoisotopic (exact) mass is 573 g/mol. The van der Waals surface area contributed by atoms with Gasteiger partial charge in [0, 0.05) is 41.9 Å². The smallest absolute Gasteiger partial charge is 0.0970 e. The summed E-state index contributed by atoms with van der Waals surface area (Å²) in [6, 6.07) is 48.0. The Balaban J connectivity index is 1.43. The van der Waals surface area contributed by atoms with Crippen LogP contribution in [0.1, 0.15) is 0 Å². The zero-order valence-electron chi connectivity index (χ0n) is 22.4. The molecule has 0 N–H and O–H groups in total. The van der Waals surface area contributed by atoms with Crippen molar-refractivity contribution in [3.05, 3.63) is 140 Å². The summed E-state index contributed by atoms with van der Waals surface area (Å²) in [6.45, 7) is 0. The molecule has 42 heavy (non-hydrogen) atoms. The van der Waals surface area contributed by atoms with Crippen LogP contribution in [0.2, 0.25) is 0 Å². The van der Waals surface area contributed by atoms with Crippen LogP contribution in [0.4, 0.5) is 34.1 Å². The fraction of sp³-hybridized carbons (Fsp3) is 0. The first-order valence-electron chi connectivity index (χ1n) is 14.0. The molecule has 1 aromatic heterocycles. The molecule has 2 aliphatic rings. The standard InChI is InChI=1S/C37H23N3S2/c1-2-13-25-24(12-1)36(39-27-15-3-7-19-31(27)41-32-20-8-4-16-28(32)39)26-14-11-23-38-35(26)37(25)40-29-17-5-9-21-33(29)42-34-22-10-6-18-30(34)40/h1-23H. The van der Waals surface area contributed by atoms with E-state index in [0.717, 1.165) is 22.3 Å². The molecule has 0 saturated carbocycles. The fourth-order valence-corrected chi connectivity index (χ4v) is 8.43. The molecule has 3 nitrogen and oxygen atoms in total. The van der Waals surface area contributed by atoms with Crippen molar-refractivity contribution in [2.75, 3.05) is 9.80 Å². The highest BCUT2D eigenvalue weighted by atomic mass is 32.2. The minimum Gasteiger partial charge on any atom is -0.307 e. The van der Waals surface area contributed by atoms with Crippen molar-refractivity contribution in [3.8, 4) is 0 Å². The highest BCUT2D eigenvalue weighted by Crippen LogP contribution is 2.58. The third-order valence-electron chi connectivity index (χ3n) is 8.04. The number of para-hydroxylation sites is 4. The molecule has 6 aromatic carbocycles. The first-order chi connectivity index (χ1) is 20.9. The number of hydrogen-bond donors (Lipinski definition) is 0. The summed E-state index contributed by atoms with van der Waals surface area (Å²) in [4.78, 5) is 15.0. The van der Waals surface area contributed by atoms with Gasteiger partial charge in [-0.15, -0.1) is 0 Å². The molecule has 0 amide bonds. The molecule has 3 heterocycles. The minimum atomic E-state index is 0.982. The third-order valence-corrected chi connectivity index (χ3v) is 10.3. The van der Waals surface area contributed by atoms with Crippen LogP contribution in [0.5, 0.6) is 0 Å². The van der Waals surface area contributed by atoms with Crippen LogP contribution >= 0.6 is 23.5 Å². The number of aromatic nitrogens is 1. The molecule has 0 aliphatic carbocycles. The van der Waals surface area contributed by atoms with Gasteiger partial charge in [-0.05, 0) is 60.7 Å². The van der Waals surface area contributed by atoms with Crippen molar-refractivity contribution in [1.82, 2.24) is 4.98 Å². The van der Waals surface area contributed by atoms with Crippen molar-refractivity contribution in [2.24, 2.45) is 0 Å². The number of hydrogen-bond acceptors (Lipinski definition) is 5. The van der Waals surface area contributed by atoms with Crippen molar-refractivity contribution in [2.45, 2.75) is 19.6 Å². The Morgan fingerprint density at radius 1 is 0.381 bits per heavy atom. The maximum absolute atomic E-state index is 5.14. The van der Waals surface area contributed by atoms with Crippen molar-refractivity contribution >= 4 is 79.3 Å². The number of nitrogens with zero attached hydrogens (tertiary/aromatic N) is 3. The molecule has 0 saturated heterocycles. The molecule has 198 valence electrons. The van der Waals surface area contributed by atoms with E-state index in [1.807, 2.05) is 29.7 Å². The van der Waals surface area contributed by atoms with Gasteiger partial charge in [0.15, 0.2) is 0 Å². The molecule has 0 bridgehead atoms. The van der Waals surface area contributed by atoms with E-state index in [-0.39, 0.29) is 0 Å². The number of rotatable bonds is 2. The second kappa shape index (κ2) is 9.41. The molecule has 0 atom stereocenters. The minimum absolute atomic E-state index is 0.982. The van der Waals surface area contributed by atoms with Gasteiger partial charge in [0.05, 0.1) is 39.6 Å². The lowest BCUT2D eigenvalue weighted by molar-refractivity contribution is 1.17. The van der Waals surface area contributed by atoms with E-state index in [1.165, 1.54) is 53.1 Å². The summed E-state index contributed by atoms with van der Waals surface area (Å²) in [7, 11) is 0. The lowest BCUT2D eigenvalue weighted by Gasteiger charge is -2.37. The first kappa shape index (κ1) is 23.9. The summed E-state index contributed by atoms with van der Waals surface area (Å²) >= 11 is 3.66. The third kappa shape index (κ3) is 3.47. The van der Waals surface area contributed by atoms with Crippen LogP contribution in [0.3, 0.4) is 0 Å². The molecular weight excluding hydrogens is 551 g/mol. The van der Waals surface area contributed by atoms with Crippen LogP contribution in [0, 0.1) is 0 Å². The summed E-state index contributed by atoms with van der Waals surface area (Å²) in [6.07, 6.45) is 1.93. The molecule has 0 fully saturated rings. The number of pyridine rings is 1. The van der Waals surface area contributed by atoms with Gasteiger partial charge in [0.2, 0.25) is 0 Å². The van der Waals surface area contributed by atoms with Gasteiger partial charge in [0.1, 0.15) is 0 Å². The average Bonchev–Trinajstić information content (AvgIpc) is 3.05. The van der Waals surface area contributed by atoms with Crippen molar-refractivity contribution in [1.29, 1.82) is 0 Å². The van der Waals surface area contributed by atoms with Gasteiger partial charge in [-0.1, -0.05) is 96.3 Å². The number of fused-ring (bicyclic) bond motifs is 6. The highest BCUT2D eigenvalue weighted by Gasteiger charge is 2.32. The Bertz CT molecular complexity index is 1890. The predicted molar refractivity (Wildman–Crippen MR) is 177 cm³/mol. The Hall–Kier alpha value is -4.71. The molecule has 5 heteroatoms. The Morgan fingerprint density at radius 3 is 1.26 bits per heavy atom. The Labute approximate surface area is 252 Å². The second-order valence-electron chi connectivity index (χ2n) is 10.4. The largest absolute Gasteiger partial charge is 0.307 e. The number of benzene rings is 6. The van der Waals surface area contributed by atoms with Gasteiger partial charge in [-0.2, -0.15) is 0 Å². The van der Waals surface area contributed by atoms with E-state index >= 15 is 0 Å². The lowest BCUT2D eigenvalue weighted by Crippen LogP contribution is -2.18. The molecule has 0 radical (unpaired) electrons. The van der Waals surface area contributed by atoms with E-state index in [4.69, 9.17) is 4.98 Å². The van der Waals surface area contributed by atoms with Crippen LogP contribution < -0.4 is 9.80 Å². The average molecular weight is 574 g/mol. The predicted octanol–water partition coefficient (Wildman–Crippen LogP) is 11.3. The molecule has 9 rings (SSSR count). The van der Waals surface area contributed by atoms with E-state index < -0.39 is 0 Å². The number of anilines is 6. The summed E-state index contributed by atoms with van der Waals surface area (Å²) in [5, 5.41) is 3.48. The molecular formula is C37H23N3S2. The maximum Gasteiger partial charge on any atom is 0.0970 e. The van der Waals surface area contributed by atoms with Crippen LogP contribution in [-0.2, 0) is 0 Å². The summed E-state index contributed by atoms with van der Waals surface area (Å²) in [5.41, 5.74) is 7.98. The SMILES string of the molecule is c1ccc2c(c1)Sc1ccccc1N2c1c2ccccc2c(N2c3ccccc3Sc3ccccc32)c2ncccc12. The van der Waals surface area contributed by atoms with Crippen molar-refractivity contribution < 1.29 is 0 Å². The summed E-state index contributed by atoms with van der Waals surface area (Å²) < 4.78 is 0. The Morgan fingerprint density at radius 2 is 0.762 bits per heavy atom. The quantitative estimate of drug-likeness (QED) is 0.191. The van der Waals surface area contributed by atoms with Crippen LogP contribution in [0.25, 0.3) is 21.7 Å². The van der Waals surface area contributed by atoms with E-state index in [0.29, 0.717) is 0 Å². The molecule has 0 unspecified atom stereocenters. The maximum atomic E-state index is 5.14. The summed E-state index contributed by atoms with van der Waals surface area (Å²) in [5.74, 6) is 0. The fourth-order valence-electron chi connectivity index (χ4n) is 6.31. The van der Waals surface area contributed by atoms with Crippen LogP contribution in [-0.4, -0.2) is 4.98 Å². The van der Waals surface area contributed by atoms with Crippen molar-refractivity contribution in [3.63, 3.8) is 0 Å². The van der Waals surface area contributed by atoms with Gasteiger partial charge >= 0.3 is 0 Å². The van der Waals surface area contributed by atoms with E-state index in [9.17, 15) is 0 Å². The highest BCUT2D eigenvalue weighted by molar-refractivity contribution is 8.00. The first-order valence-corrected chi connectivity index (χ1v) is 15.6. The van der Waals surface area contributed by atoms with Gasteiger partial charge in [0.25, 0.3) is 0 Å². The van der Waals surface area contributed by atoms with E-state index in [1.54, 1.807) is 0 Å². The normalized spacial score (nSPS) is 13.4. The Kier molecular flexibility index (Phi) is 5.37. The molecule has 2 aliphatic heterocycles. The van der Waals surface area contributed by atoms with E-state index in [2.05, 4.69) is 143 Å².